The summed E-state index contributed by atoms with van der Waals surface area (Å²) in [4.78, 5) is 13.8. The van der Waals surface area contributed by atoms with Gasteiger partial charge in [-0.25, -0.2) is 0 Å². The van der Waals surface area contributed by atoms with Gasteiger partial charge in [-0.15, -0.1) is 0 Å². The predicted octanol–water partition coefficient (Wildman–Crippen LogP) is 0.840. The van der Waals surface area contributed by atoms with Crippen LogP contribution in [-0.2, 0) is 4.79 Å². The second-order valence-corrected chi connectivity index (χ2v) is 4.73. The van der Waals surface area contributed by atoms with E-state index >= 15 is 0 Å². The van der Waals surface area contributed by atoms with Gasteiger partial charge < -0.3 is 10.6 Å². The van der Waals surface area contributed by atoms with Gasteiger partial charge in [-0.05, 0) is 26.2 Å². The van der Waals surface area contributed by atoms with Crippen molar-refractivity contribution in [1.82, 2.24) is 4.90 Å². The SMILES string of the molecule is CC1CCN(C(=O)C(C)(C)CN)C1. The molecule has 1 heterocycles. The molecular weight excluding hydrogens is 164 g/mol. The van der Waals surface area contributed by atoms with Gasteiger partial charge in [-0.2, -0.15) is 0 Å². The van der Waals surface area contributed by atoms with E-state index in [0.29, 0.717) is 12.5 Å². The van der Waals surface area contributed by atoms with Gasteiger partial charge in [0, 0.05) is 19.6 Å². The zero-order valence-electron chi connectivity index (χ0n) is 8.84. The van der Waals surface area contributed by atoms with Crippen molar-refractivity contribution in [3.8, 4) is 0 Å². The van der Waals surface area contributed by atoms with E-state index in [0.717, 1.165) is 19.5 Å². The minimum Gasteiger partial charge on any atom is -0.342 e. The summed E-state index contributed by atoms with van der Waals surface area (Å²) in [5.74, 6) is 0.858. The molecule has 1 unspecified atom stereocenters. The first-order chi connectivity index (χ1) is 5.97. The maximum Gasteiger partial charge on any atom is 0.229 e. The molecule has 1 aliphatic heterocycles. The molecule has 1 rings (SSSR count). The Morgan fingerprint density at radius 2 is 2.23 bits per heavy atom. The highest BCUT2D eigenvalue weighted by atomic mass is 16.2. The number of likely N-dealkylation sites (tertiary alicyclic amines) is 1. The van der Waals surface area contributed by atoms with Crippen LogP contribution in [0.1, 0.15) is 27.2 Å². The lowest BCUT2D eigenvalue weighted by molar-refractivity contribution is -0.138. The minimum absolute atomic E-state index is 0.208. The molecule has 0 radical (unpaired) electrons. The number of hydrogen-bond acceptors (Lipinski definition) is 2. The summed E-state index contributed by atoms with van der Waals surface area (Å²) in [7, 11) is 0. The van der Waals surface area contributed by atoms with Gasteiger partial charge >= 0.3 is 0 Å². The van der Waals surface area contributed by atoms with Gasteiger partial charge in [0.05, 0.1) is 5.41 Å². The van der Waals surface area contributed by atoms with E-state index in [-0.39, 0.29) is 11.3 Å². The minimum atomic E-state index is -0.385. The summed E-state index contributed by atoms with van der Waals surface area (Å²) in [6, 6.07) is 0. The van der Waals surface area contributed by atoms with Crippen molar-refractivity contribution in [2.75, 3.05) is 19.6 Å². The van der Waals surface area contributed by atoms with Gasteiger partial charge in [0.25, 0.3) is 0 Å². The fourth-order valence-corrected chi connectivity index (χ4v) is 1.63. The van der Waals surface area contributed by atoms with Gasteiger partial charge in [0.1, 0.15) is 0 Å². The average Bonchev–Trinajstić information content (AvgIpc) is 2.50. The Kier molecular flexibility index (Phi) is 2.96. The summed E-state index contributed by atoms with van der Waals surface area (Å²) >= 11 is 0. The smallest absolute Gasteiger partial charge is 0.229 e. The van der Waals surface area contributed by atoms with Gasteiger partial charge in [-0.3, -0.25) is 4.79 Å². The zero-order chi connectivity index (χ0) is 10.1. The molecule has 1 fully saturated rings. The van der Waals surface area contributed by atoms with Crippen molar-refractivity contribution in [3.05, 3.63) is 0 Å². The van der Waals surface area contributed by atoms with Crippen molar-refractivity contribution in [2.45, 2.75) is 27.2 Å². The lowest BCUT2D eigenvalue weighted by Crippen LogP contribution is -2.43. The van der Waals surface area contributed by atoms with Crippen LogP contribution in [0.25, 0.3) is 0 Å². The molecule has 0 aromatic carbocycles. The van der Waals surface area contributed by atoms with Crippen LogP contribution >= 0.6 is 0 Å². The first-order valence-corrected chi connectivity index (χ1v) is 4.97. The van der Waals surface area contributed by atoms with E-state index in [4.69, 9.17) is 5.73 Å². The third kappa shape index (κ3) is 2.21. The molecule has 0 aromatic rings. The van der Waals surface area contributed by atoms with Crippen LogP contribution in [0, 0.1) is 11.3 Å². The molecule has 3 heteroatoms. The number of hydrogen-bond donors (Lipinski definition) is 1. The topological polar surface area (TPSA) is 46.3 Å². The van der Waals surface area contributed by atoms with Gasteiger partial charge in [-0.1, -0.05) is 6.92 Å². The summed E-state index contributed by atoms with van der Waals surface area (Å²) in [5, 5.41) is 0. The lowest BCUT2D eigenvalue weighted by Gasteiger charge is -2.27. The van der Waals surface area contributed by atoms with E-state index in [2.05, 4.69) is 6.92 Å². The summed E-state index contributed by atoms with van der Waals surface area (Å²) < 4.78 is 0. The van der Waals surface area contributed by atoms with E-state index in [9.17, 15) is 4.79 Å². The van der Waals surface area contributed by atoms with Crippen LogP contribution in [0.3, 0.4) is 0 Å². The third-order valence-electron chi connectivity index (χ3n) is 2.80. The van der Waals surface area contributed by atoms with Crippen LogP contribution in [0.4, 0.5) is 0 Å². The number of nitrogens with two attached hydrogens (primary N) is 1. The van der Waals surface area contributed by atoms with Crippen LogP contribution in [0.5, 0.6) is 0 Å². The predicted molar refractivity (Wildman–Crippen MR) is 53.2 cm³/mol. The zero-order valence-corrected chi connectivity index (χ0v) is 8.84. The van der Waals surface area contributed by atoms with E-state index < -0.39 is 0 Å². The standard InChI is InChI=1S/C10H20N2O/c1-8-4-5-12(6-8)9(13)10(2,3)7-11/h8H,4-7,11H2,1-3H3. The fourth-order valence-electron chi connectivity index (χ4n) is 1.63. The normalized spacial score (nSPS) is 23.7. The van der Waals surface area contributed by atoms with Crippen LogP contribution in [0.15, 0.2) is 0 Å². The third-order valence-corrected chi connectivity index (χ3v) is 2.80. The molecule has 0 bridgehead atoms. The van der Waals surface area contributed by atoms with Crippen molar-refractivity contribution in [2.24, 2.45) is 17.1 Å². The van der Waals surface area contributed by atoms with Crippen molar-refractivity contribution >= 4 is 5.91 Å². The van der Waals surface area contributed by atoms with Crippen molar-refractivity contribution < 1.29 is 4.79 Å². The first-order valence-electron chi connectivity index (χ1n) is 4.97. The molecule has 0 saturated carbocycles. The Hall–Kier alpha value is -0.570. The lowest BCUT2D eigenvalue weighted by atomic mass is 9.92. The molecule has 13 heavy (non-hydrogen) atoms. The van der Waals surface area contributed by atoms with Gasteiger partial charge in [0.2, 0.25) is 5.91 Å². The van der Waals surface area contributed by atoms with Crippen molar-refractivity contribution in [1.29, 1.82) is 0 Å². The van der Waals surface area contributed by atoms with E-state index in [1.165, 1.54) is 0 Å². The second-order valence-electron chi connectivity index (χ2n) is 4.73. The monoisotopic (exact) mass is 184 g/mol. The number of rotatable bonds is 2. The highest BCUT2D eigenvalue weighted by molar-refractivity contribution is 5.82. The molecule has 1 aliphatic rings. The average molecular weight is 184 g/mol. The second kappa shape index (κ2) is 3.66. The van der Waals surface area contributed by atoms with Crippen molar-refractivity contribution in [3.63, 3.8) is 0 Å². The molecule has 2 N–H and O–H groups in total. The number of nitrogens with zero attached hydrogens (tertiary/aromatic N) is 1. The Bertz CT molecular complexity index is 201. The molecule has 3 nitrogen and oxygen atoms in total. The van der Waals surface area contributed by atoms with E-state index in [1.54, 1.807) is 0 Å². The van der Waals surface area contributed by atoms with Crippen LogP contribution in [0.2, 0.25) is 0 Å². The van der Waals surface area contributed by atoms with E-state index in [1.807, 2.05) is 18.7 Å². The molecule has 0 spiro atoms. The number of carbonyl (C=O) groups is 1. The van der Waals surface area contributed by atoms with Crippen LogP contribution < -0.4 is 5.73 Å². The maximum absolute atomic E-state index is 11.9. The Morgan fingerprint density at radius 1 is 1.62 bits per heavy atom. The number of carbonyl (C=O) groups excluding carboxylic acids is 1. The molecular formula is C10H20N2O. The Labute approximate surface area is 80.3 Å². The summed E-state index contributed by atoms with van der Waals surface area (Å²) in [5.41, 5.74) is 5.18. The molecule has 76 valence electrons. The molecule has 0 aliphatic carbocycles. The Morgan fingerprint density at radius 3 is 2.62 bits per heavy atom. The van der Waals surface area contributed by atoms with Crippen LogP contribution in [-0.4, -0.2) is 30.4 Å². The highest BCUT2D eigenvalue weighted by Crippen LogP contribution is 2.23. The maximum atomic E-state index is 11.9. The molecule has 1 amide bonds. The van der Waals surface area contributed by atoms with Gasteiger partial charge in [0.15, 0.2) is 0 Å². The quantitative estimate of drug-likeness (QED) is 0.691. The first kappa shape index (κ1) is 10.5. The Balaban J connectivity index is 2.58. The summed E-state index contributed by atoms with van der Waals surface area (Å²) in [6.07, 6.45) is 1.13. The number of amides is 1. The summed E-state index contributed by atoms with van der Waals surface area (Å²) in [6.45, 7) is 8.25. The largest absolute Gasteiger partial charge is 0.342 e. The highest BCUT2D eigenvalue weighted by Gasteiger charge is 2.33. The molecule has 1 atom stereocenters. The molecule has 0 aromatic heterocycles. The molecule has 1 saturated heterocycles. The fraction of sp³-hybridized carbons (Fsp3) is 0.900.